The fourth-order valence-corrected chi connectivity index (χ4v) is 5.32. The fourth-order valence-electron chi connectivity index (χ4n) is 5.32. The Bertz CT molecular complexity index is 1000. The zero-order valence-corrected chi connectivity index (χ0v) is 21.2. The van der Waals surface area contributed by atoms with E-state index in [-0.39, 0.29) is 0 Å². The van der Waals surface area contributed by atoms with Gasteiger partial charge < -0.3 is 9.57 Å². The minimum atomic E-state index is 0.441. The van der Waals surface area contributed by atoms with Crippen LogP contribution in [-0.2, 0) is 24.4 Å². The lowest BCUT2D eigenvalue weighted by molar-refractivity contribution is 0.122. The van der Waals surface area contributed by atoms with Crippen LogP contribution >= 0.6 is 0 Å². The molecule has 2 aromatic carbocycles. The third kappa shape index (κ3) is 5.90. The van der Waals surface area contributed by atoms with Crippen molar-refractivity contribution >= 4 is 5.71 Å². The molecule has 1 heterocycles. The first-order chi connectivity index (χ1) is 16.6. The Morgan fingerprint density at radius 2 is 1.88 bits per heavy atom. The van der Waals surface area contributed by atoms with Gasteiger partial charge in [-0.05, 0) is 72.1 Å². The van der Waals surface area contributed by atoms with Crippen LogP contribution in [-0.4, -0.2) is 30.8 Å². The summed E-state index contributed by atoms with van der Waals surface area (Å²) in [4.78, 5) is 8.24. The molecule has 2 aliphatic rings. The van der Waals surface area contributed by atoms with Crippen LogP contribution in [0.25, 0.3) is 0 Å². The SMILES string of the molecule is C=CC1CN(Cc2ccc(/C(C)=N/OCc3ccc(C4CCCCC4)c(OC)c3)cc2CC)C1. The van der Waals surface area contributed by atoms with E-state index in [1.807, 2.05) is 6.92 Å². The summed E-state index contributed by atoms with van der Waals surface area (Å²) in [5.41, 5.74) is 7.26. The molecule has 4 rings (SSSR count). The molecule has 34 heavy (non-hydrogen) atoms. The number of likely N-dealkylation sites (tertiary alicyclic amines) is 1. The third-order valence-corrected chi connectivity index (χ3v) is 7.49. The Morgan fingerprint density at radius 3 is 2.59 bits per heavy atom. The van der Waals surface area contributed by atoms with E-state index >= 15 is 0 Å². The van der Waals surface area contributed by atoms with Gasteiger partial charge in [-0.1, -0.05) is 61.7 Å². The molecule has 4 nitrogen and oxygen atoms in total. The summed E-state index contributed by atoms with van der Waals surface area (Å²) in [7, 11) is 1.77. The van der Waals surface area contributed by atoms with Gasteiger partial charge in [-0.3, -0.25) is 4.90 Å². The smallest absolute Gasteiger partial charge is 0.142 e. The van der Waals surface area contributed by atoms with Crippen molar-refractivity contribution in [1.82, 2.24) is 4.90 Å². The maximum Gasteiger partial charge on any atom is 0.142 e. The minimum Gasteiger partial charge on any atom is -0.496 e. The van der Waals surface area contributed by atoms with E-state index in [2.05, 4.69) is 66.0 Å². The number of hydrogen-bond donors (Lipinski definition) is 0. The van der Waals surface area contributed by atoms with Crippen molar-refractivity contribution < 1.29 is 9.57 Å². The minimum absolute atomic E-state index is 0.441. The molecule has 0 spiro atoms. The second kappa shape index (κ2) is 11.7. The standard InChI is InChI=1S/C30H40N2O2/c1-5-23-18-32(19-23)20-28-14-13-27(17-25(28)6-2)22(3)31-34-21-24-12-15-29(30(16-24)33-4)26-10-8-7-9-11-26/h5,12-17,23,26H,1,6-11,18-21H2,2-4H3/b31-22+. The van der Waals surface area contributed by atoms with Crippen LogP contribution < -0.4 is 4.74 Å². The number of ether oxygens (including phenoxy) is 1. The zero-order chi connectivity index (χ0) is 23.9. The van der Waals surface area contributed by atoms with Crippen LogP contribution in [0.3, 0.4) is 0 Å². The molecule has 1 saturated heterocycles. The highest BCUT2D eigenvalue weighted by Crippen LogP contribution is 2.37. The number of nitrogens with zero attached hydrogens (tertiary/aromatic N) is 2. The summed E-state index contributed by atoms with van der Waals surface area (Å²) >= 11 is 0. The average molecular weight is 461 g/mol. The van der Waals surface area contributed by atoms with Crippen LogP contribution in [0.5, 0.6) is 5.75 Å². The van der Waals surface area contributed by atoms with Crippen molar-refractivity contribution in [2.24, 2.45) is 11.1 Å². The van der Waals surface area contributed by atoms with Crippen molar-refractivity contribution in [2.75, 3.05) is 20.2 Å². The van der Waals surface area contributed by atoms with E-state index in [4.69, 9.17) is 9.57 Å². The van der Waals surface area contributed by atoms with Crippen molar-refractivity contribution in [1.29, 1.82) is 0 Å². The predicted octanol–water partition coefficient (Wildman–Crippen LogP) is 6.86. The van der Waals surface area contributed by atoms with Crippen LogP contribution in [0.15, 0.2) is 54.2 Å². The van der Waals surface area contributed by atoms with Crippen molar-refractivity contribution in [2.45, 2.75) is 71.4 Å². The van der Waals surface area contributed by atoms with Gasteiger partial charge in [-0.15, -0.1) is 6.58 Å². The number of benzene rings is 2. The highest BCUT2D eigenvalue weighted by molar-refractivity contribution is 5.98. The van der Waals surface area contributed by atoms with Crippen LogP contribution in [0.1, 0.15) is 79.7 Å². The van der Waals surface area contributed by atoms with Crippen LogP contribution in [0.2, 0.25) is 0 Å². The molecule has 0 bridgehead atoms. The van der Waals surface area contributed by atoms with Gasteiger partial charge in [0.2, 0.25) is 0 Å². The van der Waals surface area contributed by atoms with Crippen molar-refractivity contribution in [3.05, 3.63) is 76.9 Å². The maximum absolute atomic E-state index is 5.75. The number of methoxy groups -OCH3 is 1. The molecule has 0 radical (unpaired) electrons. The molecule has 1 aliphatic heterocycles. The van der Waals surface area contributed by atoms with Gasteiger partial charge in [-0.2, -0.15) is 0 Å². The number of hydrogen-bond acceptors (Lipinski definition) is 4. The van der Waals surface area contributed by atoms with Gasteiger partial charge in [0.25, 0.3) is 0 Å². The lowest BCUT2D eigenvalue weighted by Gasteiger charge is -2.38. The highest BCUT2D eigenvalue weighted by atomic mass is 16.6. The van der Waals surface area contributed by atoms with Crippen LogP contribution in [0, 0.1) is 5.92 Å². The number of rotatable bonds is 10. The summed E-state index contributed by atoms with van der Waals surface area (Å²) < 4.78 is 5.72. The first-order valence-electron chi connectivity index (χ1n) is 12.9. The van der Waals surface area contributed by atoms with Gasteiger partial charge in [0, 0.05) is 25.6 Å². The fraction of sp³-hybridized carbons (Fsp3) is 0.500. The molecule has 1 saturated carbocycles. The number of oxime groups is 1. The second-order valence-electron chi connectivity index (χ2n) is 9.89. The monoisotopic (exact) mass is 460 g/mol. The first kappa shape index (κ1) is 24.5. The molecule has 0 aromatic heterocycles. The van der Waals surface area contributed by atoms with E-state index < -0.39 is 0 Å². The molecule has 0 amide bonds. The van der Waals surface area contributed by atoms with E-state index in [9.17, 15) is 0 Å². The Morgan fingerprint density at radius 1 is 1.09 bits per heavy atom. The molecule has 0 unspecified atom stereocenters. The molecule has 2 fully saturated rings. The number of aryl methyl sites for hydroxylation is 1. The molecule has 182 valence electrons. The summed E-state index contributed by atoms with van der Waals surface area (Å²) in [6.45, 7) is 11.8. The maximum atomic E-state index is 5.75. The van der Waals surface area contributed by atoms with E-state index in [1.54, 1.807) is 7.11 Å². The van der Waals surface area contributed by atoms with Gasteiger partial charge >= 0.3 is 0 Å². The second-order valence-corrected chi connectivity index (χ2v) is 9.89. The van der Waals surface area contributed by atoms with Crippen molar-refractivity contribution in [3.63, 3.8) is 0 Å². The topological polar surface area (TPSA) is 34.1 Å². The molecule has 1 aliphatic carbocycles. The van der Waals surface area contributed by atoms with E-state index in [0.717, 1.165) is 48.6 Å². The molecular formula is C30H40N2O2. The predicted molar refractivity (Wildman–Crippen MR) is 141 cm³/mol. The van der Waals surface area contributed by atoms with Gasteiger partial charge in [-0.25, -0.2) is 0 Å². The largest absolute Gasteiger partial charge is 0.496 e. The Labute approximate surface area is 205 Å². The normalized spacial score (nSPS) is 17.9. The highest BCUT2D eigenvalue weighted by Gasteiger charge is 2.24. The summed E-state index contributed by atoms with van der Waals surface area (Å²) in [6, 6.07) is 13.2. The molecule has 0 N–H and O–H groups in total. The van der Waals surface area contributed by atoms with Gasteiger partial charge in [0.1, 0.15) is 12.4 Å². The molecular weight excluding hydrogens is 420 g/mol. The lowest BCUT2D eigenvalue weighted by Crippen LogP contribution is -2.44. The summed E-state index contributed by atoms with van der Waals surface area (Å²) in [5, 5.41) is 4.43. The molecule has 2 aromatic rings. The quantitative estimate of drug-likeness (QED) is 0.221. The van der Waals surface area contributed by atoms with Crippen LogP contribution in [0.4, 0.5) is 0 Å². The summed E-state index contributed by atoms with van der Waals surface area (Å²) in [5.74, 6) is 2.26. The third-order valence-electron chi connectivity index (χ3n) is 7.49. The lowest BCUT2D eigenvalue weighted by atomic mass is 9.83. The first-order valence-corrected chi connectivity index (χ1v) is 12.9. The average Bonchev–Trinajstić information content (AvgIpc) is 2.86. The molecule has 0 atom stereocenters. The Hall–Kier alpha value is -2.59. The zero-order valence-electron chi connectivity index (χ0n) is 21.2. The molecule has 4 heteroatoms. The Kier molecular flexibility index (Phi) is 8.44. The van der Waals surface area contributed by atoms with E-state index in [1.165, 1.54) is 48.8 Å². The van der Waals surface area contributed by atoms with E-state index in [0.29, 0.717) is 18.4 Å². The van der Waals surface area contributed by atoms with Gasteiger partial charge in [0.05, 0.1) is 12.8 Å². The van der Waals surface area contributed by atoms with Gasteiger partial charge in [0.15, 0.2) is 0 Å². The summed E-state index contributed by atoms with van der Waals surface area (Å²) in [6.07, 6.45) is 9.62. The van der Waals surface area contributed by atoms with Crippen molar-refractivity contribution in [3.8, 4) is 5.75 Å². The Balaban J connectivity index is 1.36.